The Kier molecular flexibility index (Phi) is 6.90. The number of thiazole rings is 1. The van der Waals surface area contributed by atoms with E-state index in [-0.39, 0.29) is 0 Å². The van der Waals surface area contributed by atoms with Gasteiger partial charge in [-0.15, -0.1) is 11.3 Å². The summed E-state index contributed by atoms with van der Waals surface area (Å²) in [6, 6.07) is 10.4. The first-order valence-electron chi connectivity index (χ1n) is 7.94. The fourth-order valence-corrected chi connectivity index (χ4v) is 3.69. The summed E-state index contributed by atoms with van der Waals surface area (Å²) in [6.45, 7) is 2.54. The van der Waals surface area contributed by atoms with Gasteiger partial charge in [-0.1, -0.05) is 50.1 Å². The normalized spacial score (nSPS) is 12.5. The van der Waals surface area contributed by atoms with Gasteiger partial charge in [0.05, 0.1) is 9.88 Å². The first-order valence-corrected chi connectivity index (χ1v) is 8.76. The maximum Gasteiger partial charge on any atom is 0.0931 e. The second-order valence-corrected chi connectivity index (χ2v) is 6.66. The van der Waals surface area contributed by atoms with Crippen molar-refractivity contribution in [2.75, 3.05) is 6.61 Å². The Labute approximate surface area is 131 Å². The summed E-state index contributed by atoms with van der Waals surface area (Å²) < 4.78 is 0. The molecule has 1 unspecified atom stereocenters. The van der Waals surface area contributed by atoms with Crippen molar-refractivity contribution >= 4 is 11.3 Å². The molecule has 1 aromatic carbocycles. The third kappa shape index (κ3) is 5.25. The minimum absolute atomic E-state index is 0.320. The lowest BCUT2D eigenvalue weighted by atomic mass is 9.94. The molecule has 0 radical (unpaired) electrons. The Morgan fingerprint density at radius 1 is 1.14 bits per heavy atom. The van der Waals surface area contributed by atoms with Crippen LogP contribution in [-0.2, 0) is 6.42 Å². The Bertz CT molecular complexity index is 503. The number of aliphatic hydroxyl groups is 1. The van der Waals surface area contributed by atoms with Crippen molar-refractivity contribution in [2.24, 2.45) is 5.92 Å². The van der Waals surface area contributed by atoms with Crippen LogP contribution < -0.4 is 0 Å². The van der Waals surface area contributed by atoms with Gasteiger partial charge in [-0.2, -0.15) is 0 Å². The molecule has 0 saturated carbocycles. The zero-order chi connectivity index (χ0) is 14.9. The van der Waals surface area contributed by atoms with Gasteiger partial charge < -0.3 is 5.11 Å². The van der Waals surface area contributed by atoms with Crippen LogP contribution in [0.2, 0.25) is 0 Å². The molecule has 0 aliphatic heterocycles. The molecular weight excluding hydrogens is 278 g/mol. The number of nitrogens with zero attached hydrogens (tertiary/aromatic N) is 1. The molecule has 3 heteroatoms. The highest BCUT2D eigenvalue weighted by molar-refractivity contribution is 7.15. The molecular formula is C18H25NOS. The molecule has 1 aromatic heterocycles. The highest BCUT2D eigenvalue weighted by Crippen LogP contribution is 2.27. The van der Waals surface area contributed by atoms with E-state index in [1.807, 2.05) is 12.3 Å². The summed E-state index contributed by atoms with van der Waals surface area (Å²) in [6.07, 6.45) is 8.81. The van der Waals surface area contributed by atoms with E-state index in [4.69, 9.17) is 5.11 Å². The Morgan fingerprint density at radius 3 is 2.67 bits per heavy atom. The lowest BCUT2D eigenvalue weighted by Crippen LogP contribution is -2.03. The molecule has 0 aliphatic rings. The van der Waals surface area contributed by atoms with Gasteiger partial charge in [-0.25, -0.2) is 4.98 Å². The van der Waals surface area contributed by atoms with Crippen LogP contribution >= 0.6 is 11.3 Å². The van der Waals surface area contributed by atoms with Crippen LogP contribution in [0.1, 0.15) is 44.0 Å². The molecule has 2 rings (SSSR count). The molecule has 21 heavy (non-hydrogen) atoms. The highest BCUT2D eigenvalue weighted by atomic mass is 32.1. The van der Waals surface area contributed by atoms with Crippen LogP contribution in [0.5, 0.6) is 0 Å². The maximum absolute atomic E-state index is 9.10. The van der Waals surface area contributed by atoms with E-state index in [9.17, 15) is 0 Å². The van der Waals surface area contributed by atoms with Gasteiger partial charge in [0, 0.05) is 12.8 Å². The second-order valence-electron chi connectivity index (χ2n) is 5.54. The summed E-state index contributed by atoms with van der Waals surface area (Å²) in [5, 5.41) is 10.3. The topological polar surface area (TPSA) is 33.1 Å². The molecule has 1 N–H and O–H groups in total. The number of aromatic nitrogens is 1. The van der Waals surface area contributed by atoms with Crippen molar-refractivity contribution in [3.05, 3.63) is 41.5 Å². The molecule has 2 aromatic rings. The van der Waals surface area contributed by atoms with Crippen molar-refractivity contribution < 1.29 is 5.11 Å². The number of aryl methyl sites for hydroxylation is 1. The van der Waals surface area contributed by atoms with E-state index in [1.54, 1.807) is 11.3 Å². The molecule has 1 heterocycles. The Hall–Kier alpha value is -1.19. The zero-order valence-corrected chi connectivity index (χ0v) is 13.6. The van der Waals surface area contributed by atoms with Crippen molar-refractivity contribution in [3.63, 3.8) is 0 Å². The molecule has 0 aliphatic carbocycles. The molecule has 0 fully saturated rings. The van der Waals surface area contributed by atoms with Crippen LogP contribution in [0, 0.1) is 5.92 Å². The van der Waals surface area contributed by atoms with Crippen LogP contribution in [0.15, 0.2) is 36.5 Å². The summed E-state index contributed by atoms with van der Waals surface area (Å²) >= 11 is 1.80. The molecule has 1 atom stereocenters. The van der Waals surface area contributed by atoms with Crippen LogP contribution in [-0.4, -0.2) is 16.7 Å². The fraction of sp³-hybridized carbons (Fsp3) is 0.500. The highest BCUT2D eigenvalue weighted by Gasteiger charge is 2.09. The van der Waals surface area contributed by atoms with Gasteiger partial charge in [0.15, 0.2) is 0 Å². The lowest BCUT2D eigenvalue weighted by molar-refractivity contribution is 0.244. The first kappa shape index (κ1) is 16.2. The lowest BCUT2D eigenvalue weighted by Gasteiger charge is -2.13. The summed E-state index contributed by atoms with van der Waals surface area (Å²) in [4.78, 5) is 5.81. The van der Waals surface area contributed by atoms with Gasteiger partial charge in [-0.3, -0.25) is 0 Å². The Morgan fingerprint density at radius 2 is 1.95 bits per heavy atom. The number of rotatable bonds is 9. The predicted molar refractivity (Wildman–Crippen MR) is 90.6 cm³/mol. The SMILES string of the molecule is CCCC(CCO)CCCc1ncc(-c2ccccc2)s1. The van der Waals surface area contributed by atoms with E-state index < -0.39 is 0 Å². The van der Waals surface area contributed by atoms with E-state index in [0.717, 1.165) is 12.8 Å². The monoisotopic (exact) mass is 303 g/mol. The third-order valence-electron chi connectivity index (χ3n) is 3.85. The minimum atomic E-state index is 0.320. The largest absolute Gasteiger partial charge is 0.396 e. The molecule has 0 bridgehead atoms. The summed E-state index contributed by atoms with van der Waals surface area (Å²) in [7, 11) is 0. The molecule has 0 amide bonds. The predicted octanol–water partition coefficient (Wildman–Crippen LogP) is 4.93. The van der Waals surface area contributed by atoms with E-state index in [1.165, 1.54) is 41.1 Å². The molecule has 0 saturated heterocycles. The number of benzene rings is 1. The average Bonchev–Trinajstić information content (AvgIpc) is 2.97. The van der Waals surface area contributed by atoms with Crippen LogP contribution in [0.25, 0.3) is 10.4 Å². The number of hydrogen-bond donors (Lipinski definition) is 1. The fourth-order valence-electron chi connectivity index (χ4n) is 2.73. The van der Waals surface area contributed by atoms with Gasteiger partial charge in [0.2, 0.25) is 0 Å². The first-order chi connectivity index (χ1) is 10.3. The van der Waals surface area contributed by atoms with E-state index >= 15 is 0 Å². The van der Waals surface area contributed by atoms with Gasteiger partial charge in [-0.05, 0) is 37.2 Å². The molecule has 2 nitrogen and oxygen atoms in total. The molecule has 0 spiro atoms. The molecule has 114 valence electrons. The van der Waals surface area contributed by atoms with Crippen molar-refractivity contribution in [3.8, 4) is 10.4 Å². The smallest absolute Gasteiger partial charge is 0.0931 e. The van der Waals surface area contributed by atoms with Crippen LogP contribution in [0.4, 0.5) is 0 Å². The number of aliphatic hydroxyl groups excluding tert-OH is 1. The minimum Gasteiger partial charge on any atom is -0.396 e. The second kappa shape index (κ2) is 8.96. The summed E-state index contributed by atoms with van der Waals surface area (Å²) in [5.41, 5.74) is 1.25. The standard InChI is InChI=1S/C18H25NOS/c1-2-7-15(12-13-20)8-6-11-18-19-14-17(21-18)16-9-4-3-5-10-16/h3-5,9-10,14-15,20H,2,6-8,11-13H2,1H3. The van der Waals surface area contributed by atoms with E-state index in [2.05, 4.69) is 36.2 Å². The zero-order valence-electron chi connectivity index (χ0n) is 12.8. The quantitative estimate of drug-likeness (QED) is 0.712. The van der Waals surface area contributed by atoms with Crippen molar-refractivity contribution in [1.29, 1.82) is 0 Å². The van der Waals surface area contributed by atoms with Crippen molar-refractivity contribution in [2.45, 2.75) is 45.4 Å². The maximum atomic E-state index is 9.10. The van der Waals surface area contributed by atoms with Crippen molar-refractivity contribution in [1.82, 2.24) is 4.98 Å². The van der Waals surface area contributed by atoms with Gasteiger partial charge in [0.1, 0.15) is 0 Å². The van der Waals surface area contributed by atoms with Gasteiger partial charge in [0.25, 0.3) is 0 Å². The summed E-state index contributed by atoms with van der Waals surface area (Å²) in [5.74, 6) is 0.675. The van der Waals surface area contributed by atoms with Gasteiger partial charge >= 0.3 is 0 Å². The third-order valence-corrected chi connectivity index (χ3v) is 4.96. The van der Waals surface area contributed by atoms with E-state index in [0.29, 0.717) is 12.5 Å². The Balaban J connectivity index is 1.83. The average molecular weight is 303 g/mol. The van der Waals surface area contributed by atoms with Crippen LogP contribution in [0.3, 0.4) is 0 Å². The number of hydrogen-bond acceptors (Lipinski definition) is 3.